The number of aromatic nitrogens is 4. The first-order chi connectivity index (χ1) is 14.8. The summed E-state index contributed by atoms with van der Waals surface area (Å²) in [5.41, 5.74) is 6.14. The monoisotopic (exact) mass is 406 g/mol. The van der Waals surface area contributed by atoms with Crippen LogP contribution in [0.25, 0.3) is 54.7 Å². The predicted molar refractivity (Wildman–Crippen MR) is 119 cm³/mol. The fraction of sp³-hybridized carbons (Fsp3) is 0. The number of para-hydroxylation sites is 3. The summed E-state index contributed by atoms with van der Waals surface area (Å²) in [6.07, 6.45) is 3.68. The van der Waals surface area contributed by atoms with Gasteiger partial charge in [-0.3, -0.25) is 9.97 Å². The number of hydrogen-bond acceptors (Lipinski definition) is 6. The van der Waals surface area contributed by atoms with E-state index >= 15 is 0 Å². The maximum absolute atomic E-state index is 5.80. The van der Waals surface area contributed by atoms with Gasteiger partial charge in [0, 0.05) is 23.5 Å². The molecular weight excluding hydrogens is 392 g/mol. The highest BCUT2D eigenvalue weighted by Gasteiger charge is 2.11. The molecule has 0 fully saturated rings. The minimum absolute atomic E-state index is 0.520. The Kier molecular flexibility index (Phi) is 3.89. The molecule has 0 saturated heterocycles. The molecule has 0 aliphatic carbocycles. The van der Waals surface area contributed by atoms with Gasteiger partial charge in [-0.25, -0.2) is 9.97 Å². The molecule has 4 heterocycles. The van der Waals surface area contributed by atoms with Crippen LogP contribution in [-0.2, 0) is 0 Å². The average molecular weight is 406 g/mol. The minimum Gasteiger partial charge on any atom is -0.435 e. The molecule has 142 valence electrons. The van der Waals surface area contributed by atoms with E-state index in [0.29, 0.717) is 11.6 Å². The first-order valence-electron chi connectivity index (χ1n) is 9.48. The van der Waals surface area contributed by atoms with Crippen LogP contribution in [0, 0.1) is 0 Å². The second-order valence-electron chi connectivity index (χ2n) is 6.84. The summed E-state index contributed by atoms with van der Waals surface area (Å²) in [6, 6.07) is 23.8. The molecule has 2 aromatic carbocycles. The van der Waals surface area contributed by atoms with Gasteiger partial charge >= 0.3 is 0 Å². The standard InChI is InChI=1S/C24H14N4OS/c1-3-7-21-17(5-1)27-23(29-21)19-11-9-15(13-25-19)16-10-12-20(26-14-16)24-28-18-6-2-4-8-22(18)30-24/h1-14H. The van der Waals surface area contributed by atoms with Crippen molar-refractivity contribution in [1.29, 1.82) is 0 Å². The average Bonchev–Trinajstić information content (AvgIpc) is 3.44. The lowest BCUT2D eigenvalue weighted by Gasteiger charge is -2.03. The Labute approximate surface area is 175 Å². The largest absolute Gasteiger partial charge is 0.435 e. The van der Waals surface area contributed by atoms with Gasteiger partial charge in [0.25, 0.3) is 0 Å². The topological polar surface area (TPSA) is 64.7 Å². The van der Waals surface area contributed by atoms with Gasteiger partial charge in [-0.05, 0) is 36.4 Å². The van der Waals surface area contributed by atoms with Crippen molar-refractivity contribution in [2.24, 2.45) is 0 Å². The van der Waals surface area contributed by atoms with Gasteiger partial charge in [-0.1, -0.05) is 36.4 Å². The number of oxazole rings is 1. The van der Waals surface area contributed by atoms with E-state index in [9.17, 15) is 0 Å². The van der Waals surface area contributed by atoms with Crippen LogP contribution in [-0.4, -0.2) is 19.9 Å². The van der Waals surface area contributed by atoms with Crippen molar-refractivity contribution in [3.05, 3.63) is 85.2 Å². The molecule has 0 aliphatic heterocycles. The highest BCUT2D eigenvalue weighted by atomic mass is 32.1. The number of thiazole rings is 1. The van der Waals surface area contributed by atoms with Crippen molar-refractivity contribution >= 4 is 32.7 Å². The molecule has 30 heavy (non-hydrogen) atoms. The number of fused-ring (bicyclic) bond motifs is 2. The van der Waals surface area contributed by atoms with Gasteiger partial charge < -0.3 is 4.42 Å². The molecule has 0 unspecified atom stereocenters. The number of pyridine rings is 2. The van der Waals surface area contributed by atoms with Crippen LogP contribution >= 0.6 is 11.3 Å². The predicted octanol–water partition coefficient (Wildman–Crippen LogP) is 6.23. The molecule has 0 N–H and O–H groups in total. The van der Waals surface area contributed by atoms with E-state index in [0.717, 1.165) is 43.1 Å². The zero-order chi connectivity index (χ0) is 19.9. The molecule has 0 aliphatic rings. The number of rotatable bonds is 3. The zero-order valence-electron chi connectivity index (χ0n) is 15.7. The molecule has 0 atom stereocenters. The van der Waals surface area contributed by atoms with Crippen LogP contribution in [0.3, 0.4) is 0 Å². The third-order valence-electron chi connectivity index (χ3n) is 4.89. The Morgan fingerprint density at radius 1 is 0.633 bits per heavy atom. The first-order valence-corrected chi connectivity index (χ1v) is 10.3. The van der Waals surface area contributed by atoms with Crippen LogP contribution in [0.2, 0.25) is 0 Å². The molecular formula is C24H14N4OS. The first kappa shape index (κ1) is 17.0. The van der Waals surface area contributed by atoms with E-state index in [1.165, 1.54) is 0 Å². The minimum atomic E-state index is 0.520. The summed E-state index contributed by atoms with van der Waals surface area (Å²) >= 11 is 1.65. The van der Waals surface area contributed by atoms with Gasteiger partial charge in [0.15, 0.2) is 5.58 Å². The van der Waals surface area contributed by atoms with Gasteiger partial charge in [0.05, 0.1) is 15.9 Å². The molecule has 0 saturated carbocycles. The van der Waals surface area contributed by atoms with Crippen molar-refractivity contribution in [3.63, 3.8) is 0 Å². The van der Waals surface area contributed by atoms with Crippen molar-refractivity contribution < 1.29 is 4.42 Å². The molecule has 0 radical (unpaired) electrons. The fourth-order valence-electron chi connectivity index (χ4n) is 3.35. The lowest BCUT2D eigenvalue weighted by Crippen LogP contribution is -1.87. The maximum atomic E-state index is 5.80. The van der Waals surface area contributed by atoms with E-state index in [1.54, 1.807) is 11.3 Å². The van der Waals surface area contributed by atoms with Crippen LogP contribution in [0.1, 0.15) is 0 Å². The zero-order valence-corrected chi connectivity index (χ0v) is 16.5. The summed E-state index contributed by atoms with van der Waals surface area (Å²) in [5.74, 6) is 0.520. The third kappa shape index (κ3) is 2.94. The number of benzene rings is 2. The third-order valence-corrected chi connectivity index (χ3v) is 5.95. The van der Waals surface area contributed by atoms with E-state index in [1.807, 2.05) is 79.1 Å². The molecule has 6 heteroatoms. The van der Waals surface area contributed by atoms with Crippen molar-refractivity contribution in [1.82, 2.24) is 19.9 Å². The van der Waals surface area contributed by atoms with Crippen LogP contribution in [0.5, 0.6) is 0 Å². The Morgan fingerprint density at radius 3 is 2.03 bits per heavy atom. The fourth-order valence-corrected chi connectivity index (χ4v) is 4.29. The Bertz CT molecular complexity index is 1300. The molecule has 6 rings (SSSR count). The smallest absolute Gasteiger partial charge is 0.246 e. The second-order valence-corrected chi connectivity index (χ2v) is 7.87. The van der Waals surface area contributed by atoms with Crippen molar-refractivity contribution in [2.75, 3.05) is 0 Å². The summed E-state index contributed by atoms with van der Waals surface area (Å²) in [5, 5.41) is 0.923. The van der Waals surface area contributed by atoms with Gasteiger partial charge in [-0.15, -0.1) is 11.3 Å². The molecule has 6 aromatic rings. The summed E-state index contributed by atoms with van der Waals surface area (Å²) in [7, 11) is 0. The Hall–Kier alpha value is -3.90. The quantitative estimate of drug-likeness (QED) is 0.349. The van der Waals surface area contributed by atoms with E-state index in [-0.39, 0.29) is 0 Å². The van der Waals surface area contributed by atoms with Crippen LogP contribution in [0.4, 0.5) is 0 Å². The lowest BCUT2D eigenvalue weighted by atomic mass is 10.1. The highest BCUT2D eigenvalue weighted by molar-refractivity contribution is 7.21. The number of nitrogens with zero attached hydrogens (tertiary/aromatic N) is 4. The summed E-state index contributed by atoms with van der Waals surface area (Å²) < 4.78 is 6.96. The molecule has 5 nitrogen and oxygen atoms in total. The summed E-state index contributed by atoms with van der Waals surface area (Å²) in [4.78, 5) is 18.3. The molecule has 0 amide bonds. The Balaban J connectivity index is 1.28. The summed E-state index contributed by atoms with van der Waals surface area (Å²) in [6.45, 7) is 0. The normalized spacial score (nSPS) is 11.3. The van der Waals surface area contributed by atoms with Crippen molar-refractivity contribution in [3.8, 4) is 33.4 Å². The van der Waals surface area contributed by atoms with Crippen molar-refractivity contribution in [2.45, 2.75) is 0 Å². The van der Waals surface area contributed by atoms with Crippen LogP contribution in [0.15, 0.2) is 89.6 Å². The van der Waals surface area contributed by atoms with Gasteiger partial charge in [0.1, 0.15) is 16.2 Å². The molecule has 0 bridgehead atoms. The van der Waals surface area contributed by atoms with E-state index in [2.05, 4.69) is 26.0 Å². The molecule has 0 spiro atoms. The highest BCUT2D eigenvalue weighted by Crippen LogP contribution is 2.30. The Morgan fingerprint density at radius 2 is 1.33 bits per heavy atom. The SMILES string of the molecule is c1ccc2oc(-c3ccc(-c4ccc(-c5nc6ccccc6s5)nc4)cn3)nc2c1. The van der Waals surface area contributed by atoms with E-state index in [4.69, 9.17) is 4.42 Å². The number of hydrogen-bond donors (Lipinski definition) is 0. The lowest BCUT2D eigenvalue weighted by molar-refractivity contribution is 0.617. The molecule has 4 aromatic heterocycles. The van der Waals surface area contributed by atoms with E-state index < -0.39 is 0 Å². The van der Waals surface area contributed by atoms with Gasteiger partial charge in [0.2, 0.25) is 5.89 Å². The maximum Gasteiger partial charge on any atom is 0.246 e. The van der Waals surface area contributed by atoms with Gasteiger partial charge in [-0.2, -0.15) is 0 Å². The second kappa shape index (κ2) is 6.86. The van der Waals surface area contributed by atoms with Crippen LogP contribution < -0.4 is 0 Å².